The van der Waals surface area contributed by atoms with Gasteiger partial charge in [-0.2, -0.15) is 0 Å². The largest absolute Gasteiger partial charge is 0.481 e. The number of nitrogens with zero attached hydrogens (tertiary/aromatic N) is 1. The van der Waals surface area contributed by atoms with Crippen molar-refractivity contribution in [2.75, 3.05) is 7.05 Å². The second-order valence-corrected chi connectivity index (χ2v) is 6.53. The summed E-state index contributed by atoms with van der Waals surface area (Å²) in [6, 6.07) is 1.97. The fraction of sp³-hybridized carbons (Fsp3) is 0.455. The summed E-state index contributed by atoms with van der Waals surface area (Å²) in [5, 5.41) is 10.8. The van der Waals surface area contributed by atoms with E-state index in [4.69, 9.17) is 5.11 Å². The van der Waals surface area contributed by atoms with Crippen molar-refractivity contribution in [1.29, 1.82) is 0 Å². The van der Waals surface area contributed by atoms with Gasteiger partial charge in [0.2, 0.25) is 5.91 Å². The van der Waals surface area contributed by atoms with Gasteiger partial charge in [0.15, 0.2) is 0 Å². The van der Waals surface area contributed by atoms with Crippen LogP contribution in [0.4, 0.5) is 0 Å². The van der Waals surface area contributed by atoms with Crippen LogP contribution < -0.4 is 0 Å². The highest BCUT2D eigenvalue weighted by atomic mass is 79.9. The van der Waals surface area contributed by atoms with Gasteiger partial charge in [0.1, 0.15) is 0 Å². The molecule has 1 heterocycles. The average Bonchev–Trinajstić information content (AvgIpc) is 2.96. The van der Waals surface area contributed by atoms with Gasteiger partial charge in [-0.3, -0.25) is 9.59 Å². The Bertz CT molecular complexity index is 459. The van der Waals surface area contributed by atoms with E-state index in [1.165, 1.54) is 0 Å². The molecule has 0 saturated heterocycles. The zero-order valence-electron chi connectivity index (χ0n) is 9.22. The van der Waals surface area contributed by atoms with Gasteiger partial charge in [-0.1, -0.05) is 0 Å². The standard InChI is InChI=1S/C11H12BrNO3S/c1-13(4-6-2-9(12)17-5-6)10(14)7-3-8(7)11(15)16/h2,5,7-8H,3-4H2,1H3,(H,15,16)/t7-,8+/m1/s1. The molecule has 1 fully saturated rings. The van der Waals surface area contributed by atoms with Gasteiger partial charge >= 0.3 is 5.97 Å². The van der Waals surface area contributed by atoms with E-state index in [2.05, 4.69) is 15.9 Å². The lowest BCUT2D eigenvalue weighted by Crippen LogP contribution is -2.28. The number of hydrogen-bond acceptors (Lipinski definition) is 3. The highest BCUT2D eigenvalue weighted by molar-refractivity contribution is 9.11. The Hall–Kier alpha value is -0.880. The Labute approximate surface area is 111 Å². The van der Waals surface area contributed by atoms with Crippen molar-refractivity contribution in [3.8, 4) is 0 Å². The molecule has 1 aliphatic carbocycles. The predicted octanol–water partition coefficient (Wildman–Crippen LogP) is 2.19. The number of carboxylic acids is 1. The normalized spacial score (nSPS) is 22.2. The van der Waals surface area contributed by atoms with Crippen molar-refractivity contribution in [1.82, 2.24) is 4.90 Å². The molecule has 1 saturated carbocycles. The SMILES string of the molecule is CN(Cc1csc(Br)c1)C(=O)[C@@H]1C[C@@H]1C(=O)O. The molecule has 6 heteroatoms. The van der Waals surface area contributed by atoms with Crippen LogP contribution in [-0.2, 0) is 16.1 Å². The summed E-state index contributed by atoms with van der Waals surface area (Å²) in [4.78, 5) is 24.2. The third-order valence-electron chi connectivity index (χ3n) is 2.84. The number of aliphatic carboxylic acids is 1. The maximum Gasteiger partial charge on any atom is 0.307 e. The first-order chi connectivity index (χ1) is 7.99. The number of hydrogen-bond donors (Lipinski definition) is 1. The van der Waals surface area contributed by atoms with E-state index in [0.717, 1.165) is 9.35 Å². The van der Waals surface area contributed by atoms with Crippen molar-refractivity contribution in [2.45, 2.75) is 13.0 Å². The van der Waals surface area contributed by atoms with Crippen LogP contribution in [0.15, 0.2) is 15.2 Å². The number of carbonyl (C=O) groups is 2. The molecule has 0 bridgehead atoms. The summed E-state index contributed by atoms with van der Waals surface area (Å²) in [6.07, 6.45) is 0.478. The second-order valence-electron chi connectivity index (χ2n) is 4.24. The summed E-state index contributed by atoms with van der Waals surface area (Å²) in [5.41, 5.74) is 1.06. The van der Waals surface area contributed by atoms with Crippen LogP contribution in [0.3, 0.4) is 0 Å². The van der Waals surface area contributed by atoms with Crippen LogP contribution in [0, 0.1) is 11.8 Å². The molecule has 1 aromatic heterocycles. The smallest absolute Gasteiger partial charge is 0.307 e. The van der Waals surface area contributed by atoms with Crippen molar-refractivity contribution in [3.05, 3.63) is 20.8 Å². The Morgan fingerprint density at radius 2 is 2.29 bits per heavy atom. The minimum atomic E-state index is -0.866. The number of halogens is 1. The molecule has 0 aromatic carbocycles. The van der Waals surface area contributed by atoms with Crippen LogP contribution in [0.5, 0.6) is 0 Å². The van der Waals surface area contributed by atoms with Crippen LogP contribution in [0.1, 0.15) is 12.0 Å². The molecule has 0 unspecified atom stereocenters. The summed E-state index contributed by atoms with van der Waals surface area (Å²) in [7, 11) is 1.71. The van der Waals surface area contributed by atoms with Crippen LogP contribution in [0.25, 0.3) is 0 Å². The molecular formula is C11H12BrNO3S. The molecule has 1 amide bonds. The first-order valence-corrected chi connectivity index (χ1v) is 6.87. The fourth-order valence-corrected chi connectivity index (χ4v) is 3.00. The quantitative estimate of drug-likeness (QED) is 0.926. The van der Waals surface area contributed by atoms with Gasteiger partial charge in [-0.15, -0.1) is 11.3 Å². The van der Waals surface area contributed by atoms with Crippen LogP contribution >= 0.6 is 27.3 Å². The van der Waals surface area contributed by atoms with E-state index in [9.17, 15) is 9.59 Å². The number of thiophene rings is 1. The van der Waals surface area contributed by atoms with Gasteiger partial charge in [0.05, 0.1) is 15.6 Å². The molecule has 2 atom stereocenters. The number of carbonyl (C=O) groups excluding carboxylic acids is 1. The molecule has 2 rings (SSSR count). The average molecular weight is 318 g/mol. The van der Waals surface area contributed by atoms with E-state index in [1.54, 1.807) is 23.3 Å². The summed E-state index contributed by atoms with van der Waals surface area (Å²) >= 11 is 4.94. The van der Waals surface area contributed by atoms with E-state index in [0.29, 0.717) is 13.0 Å². The lowest BCUT2D eigenvalue weighted by Gasteiger charge is -2.16. The van der Waals surface area contributed by atoms with Gasteiger partial charge in [0, 0.05) is 13.6 Å². The third kappa shape index (κ3) is 2.87. The van der Waals surface area contributed by atoms with E-state index in [-0.39, 0.29) is 11.8 Å². The second kappa shape index (κ2) is 4.78. The fourth-order valence-electron chi connectivity index (χ4n) is 1.80. The third-order valence-corrected chi connectivity index (χ3v) is 4.40. The Kier molecular flexibility index (Phi) is 3.53. The summed E-state index contributed by atoms with van der Waals surface area (Å²) in [6.45, 7) is 0.532. The molecule has 0 radical (unpaired) electrons. The zero-order chi connectivity index (χ0) is 12.6. The first-order valence-electron chi connectivity index (χ1n) is 5.19. The maximum atomic E-state index is 11.9. The lowest BCUT2D eigenvalue weighted by atomic mass is 10.2. The highest BCUT2D eigenvalue weighted by Gasteiger charge is 2.49. The molecule has 4 nitrogen and oxygen atoms in total. The lowest BCUT2D eigenvalue weighted by molar-refractivity contribution is -0.141. The van der Waals surface area contributed by atoms with E-state index in [1.807, 2.05) is 11.4 Å². The predicted molar refractivity (Wildman–Crippen MR) is 67.7 cm³/mol. The first kappa shape index (κ1) is 12.6. The summed E-state index contributed by atoms with van der Waals surface area (Å²) < 4.78 is 1.03. The minimum absolute atomic E-state index is 0.0697. The van der Waals surface area contributed by atoms with Crippen LogP contribution in [-0.4, -0.2) is 28.9 Å². The molecular weight excluding hydrogens is 306 g/mol. The molecule has 0 aliphatic heterocycles. The topological polar surface area (TPSA) is 57.6 Å². The minimum Gasteiger partial charge on any atom is -0.481 e. The summed E-state index contributed by atoms with van der Waals surface area (Å²) in [5.74, 6) is -1.73. The van der Waals surface area contributed by atoms with Crippen molar-refractivity contribution in [3.63, 3.8) is 0 Å². The zero-order valence-corrected chi connectivity index (χ0v) is 11.6. The van der Waals surface area contributed by atoms with Gasteiger partial charge < -0.3 is 10.0 Å². The monoisotopic (exact) mass is 317 g/mol. The van der Waals surface area contributed by atoms with Gasteiger partial charge in [0.25, 0.3) is 0 Å². The molecule has 17 heavy (non-hydrogen) atoms. The number of rotatable bonds is 4. The maximum absolute atomic E-state index is 11.9. The van der Waals surface area contributed by atoms with E-state index >= 15 is 0 Å². The Morgan fingerprint density at radius 3 is 2.76 bits per heavy atom. The Balaban J connectivity index is 1.91. The molecule has 1 N–H and O–H groups in total. The van der Waals surface area contributed by atoms with Crippen molar-refractivity contribution >= 4 is 39.1 Å². The number of amides is 1. The van der Waals surface area contributed by atoms with Gasteiger partial charge in [-0.05, 0) is 39.4 Å². The Morgan fingerprint density at radius 1 is 1.59 bits per heavy atom. The molecule has 1 aromatic rings. The highest BCUT2D eigenvalue weighted by Crippen LogP contribution is 2.40. The molecule has 92 valence electrons. The molecule has 0 spiro atoms. The molecule has 1 aliphatic rings. The van der Waals surface area contributed by atoms with Crippen molar-refractivity contribution in [2.24, 2.45) is 11.8 Å². The van der Waals surface area contributed by atoms with Crippen LogP contribution in [0.2, 0.25) is 0 Å². The number of carboxylic acid groups (broad SMARTS) is 1. The van der Waals surface area contributed by atoms with E-state index < -0.39 is 11.9 Å². The van der Waals surface area contributed by atoms with Gasteiger partial charge in [-0.25, -0.2) is 0 Å². The van der Waals surface area contributed by atoms with Crippen molar-refractivity contribution < 1.29 is 14.7 Å².